The van der Waals surface area contributed by atoms with Gasteiger partial charge in [0.25, 0.3) is 5.56 Å². The highest BCUT2D eigenvalue weighted by Crippen LogP contribution is 2.43. The van der Waals surface area contributed by atoms with Crippen molar-refractivity contribution in [2.45, 2.75) is 24.4 Å². The number of hydrogen-bond donors (Lipinski definition) is 1. The van der Waals surface area contributed by atoms with E-state index in [4.69, 9.17) is 4.74 Å². The molecule has 3 heterocycles. The molecule has 1 atom stereocenters. The second kappa shape index (κ2) is 10.8. The topological polar surface area (TPSA) is 63.8 Å². The maximum atomic E-state index is 15.6. The molecule has 1 unspecified atom stereocenters. The van der Waals surface area contributed by atoms with Gasteiger partial charge in [-0.15, -0.1) is 23.1 Å². The van der Waals surface area contributed by atoms with Crippen molar-refractivity contribution in [2.75, 3.05) is 12.9 Å². The van der Waals surface area contributed by atoms with Gasteiger partial charge in [-0.2, -0.15) is 0 Å². The summed E-state index contributed by atoms with van der Waals surface area (Å²) in [6.07, 6.45) is -0.161. The minimum atomic E-state index is -0.721. The molecule has 0 spiro atoms. The molecule has 0 bridgehead atoms. The Kier molecular flexibility index (Phi) is 7.13. The third kappa shape index (κ3) is 4.42. The van der Waals surface area contributed by atoms with E-state index in [1.54, 1.807) is 13.0 Å². The Hall–Kier alpha value is -4.02. The molecule has 41 heavy (non-hydrogen) atoms. The van der Waals surface area contributed by atoms with E-state index in [0.717, 1.165) is 10.1 Å². The third-order valence-corrected chi connectivity index (χ3v) is 9.64. The zero-order chi connectivity index (χ0) is 28.8. The summed E-state index contributed by atoms with van der Waals surface area (Å²) in [6.45, 7) is 1.66. The van der Waals surface area contributed by atoms with Crippen LogP contribution in [0.5, 0.6) is 5.75 Å². The number of methoxy groups -OCH3 is 1. The van der Waals surface area contributed by atoms with Gasteiger partial charge >= 0.3 is 0 Å². The van der Waals surface area contributed by atoms with Crippen LogP contribution in [0, 0.1) is 24.4 Å². The maximum Gasteiger partial charge on any atom is 0.260 e. The molecule has 208 valence electrons. The zero-order valence-corrected chi connectivity index (χ0v) is 23.6. The van der Waals surface area contributed by atoms with E-state index in [0.29, 0.717) is 27.5 Å². The lowest BCUT2D eigenvalue weighted by molar-refractivity contribution is 0.315. The first-order chi connectivity index (χ1) is 19.8. The molecule has 1 N–H and O–H groups in total. The number of fused-ring (bicyclic) bond motifs is 2. The molecule has 6 rings (SSSR count). The SMILES string of the molecule is COc1cccc(-c2c(C)c(Cc3c(F)cccc3F)c3n(c2=O)C(C(=NO)c2csc4ccccc24)CS3)c1F. The summed E-state index contributed by atoms with van der Waals surface area (Å²) in [5.74, 6) is -1.87. The number of rotatable bonds is 6. The Bertz CT molecular complexity index is 1900. The minimum Gasteiger partial charge on any atom is -0.494 e. The Morgan fingerprint density at radius 3 is 2.51 bits per heavy atom. The molecule has 0 fully saturated rings. The summed E-state index contributed by atoms with van der Waals surface area (Å²) in [7, 11) is 1.33. The van der Waals surface area contributed by atoms with E-state index in [-0.39, 0.29) is 34.6 Å². The molecule has 5 aromatic rings. The highest BCUT2D eigenvalue weighted by atomic mass is 32.2. The molecule has 1 aliphatic heterocycles. The number of hydrogen-bond acceptors (Lipinski definition) is 6. The van der Waals surface area contributed by atoms with Crippen LogP contribution in [-0.4, -0.2) is 28.3 Å². The monoisotopic (exact) mass is 592 g/mol. The van der Waals surface area contributed by atoms with Crippen molar-refractivity contribution < 1.29 is 23.1 Å². The number of ether oxygens (including phenoxy) is 1. The van der Waals surface area contributed by atoms with Gasteiger partial charge in [0.15, 0.2) is 11.6 Å². The molecule has 3 aromatic carbocycles. The number of thiophene rings is 1. The number of thioether (sulfide) groups is 1. The van der Waals surface area contributed by atoms with Crippen LogP contribution in [0.2, 0.25) is 0 Å². The average molecular weight is 593 g/mol. The fourth-order valence-corrected chi connectivity index (χ4v) is 7.77. The number of pyridine rings is 1. The number of halogens is 3. The molecule has 0 radical (unpaired) electrons. The van der Waals surface area contributed by atoms with Gasteiger partial charge < -0.3 is 9.94 Å². The summed E-state index contributed by atoms with van der Waals surface area (Å²) in [4.78, 5) is 14.3. The molecule has 1 aliphatic rings. The number of nitrogens with zero attached hydrogens (tertiary/aromatic N) is 2. The number of benzene rings is 3. The normalized spacial score (nSPS) is 15.0. The van der Waals surface area contributed by atoms with Gasteiger partial charge in [-0.05, 0) is 42.3 Å². The van der Waals surface area contributed by atoms with Crippen LogP contribution in [0.3, 0.4) is 0 Å². The summed E-state index contributed by atoms with van der Waals surface area (Å²) < 4.78 is 52.9. The zero-order valence-electron chi connectivity index (χ0n) is 22.0. The van der Waals surface area contributed by atoms with Crippen molar-refractivity contribution in [3.63, 3.8) is 0 Å². The first kappa shape index (κ1) is 27.2. The smallest absolute Gasteiger partial charge is 0.260 e. The molecular formula is C31H23F3N2O3S2. The molecule has 0 saturated carbocycles. The number of oxime groups is 1. The lowest BCUT2D eigenvalue weighted by Gasteiger charge is -2.21. The Morgan fingerprint density at radius 1 is 1.05 bits per heavy atom. The van der Waals surface area contributed by atoms with Crippen LogP contribution in [-0.2, 0) is 6.42 Å². The largest absolute Gasteiger partial charge is 0.494 e. The predicted octanol–water partition coefficient (Wildman–Crippen LogP) is 7.58. The predicted molar refractivity (Wildman–Crippen MR) is 156 cm³/mol. The second-order valence-electron chi connectivity index (χ2n) is 9.62. The van der Waals surface area contributed by atoms with E-state index < -0.39 is 29.1 Å². The lowest BCUT2D eigenvalue weighted by Crippen LogP contribution is -2.32. The van der Waals surface area contributed by atoms with E-state index >= 15 is 4.39 Å². The van der Waals surface area contributed by atoms with Gasteiger partial charge in [0.05, 0.1) is 23.7 Å². The molecule has 0 amide bonds. The van der Waals surface area contributed by atoms with Crippen LogP contribution in [0.15, 0.2) is 81.0 Å². The summed E-state index contributed by atoms with van der Waals surface area (Å²) >= 11 is 2.82. The highest BCUT2D eigenvalue weighted by Gasteiger charge is 2.36. The molecule has 2 aromatic heterocycles. The second-order valence-corrected chi connectivity index (χ2v) is 11.5. The van der Waals surface area contributed by atoms with E-state index in [1.807, 2.05) is 29.6 Å². The summed E-state index contributed by atoms with van der Waals surface area (Å²) in [5.41, 5.74) is 1.26. The van der Waals surface area contributed by atoms with E-state index in [1.165, 1.54) is 65.1 Å². The average Bonchev–Trinajstić information content (AvgIpc) is 3.60. The van der Waals surface area contributed by atoms with Crippen molar-refractivity contribution in [2.24, 2.45) is 5.16 Å². The van der Waals surface area contributed by atoms with E-state index in [2.05, 4.69) is 5.16 Å². The van der Waals surface area contributed by atoms with Crippen molar-refractivity contribution in [1.29, 1.82) is 0 Å². The lowest BCUT2D eigenvalue weighted by atomic mass is 9.93. The van der Waals surface area contributed by atoms with Gasteiger partial charge in [-0.3, -0.25) is 9.36 Å². The Morgan fingerprint density at radius 2 is 1.78 bits per heavy atom. The fourth-order valence-electron chi connectivity index (χ4n) is 5.44. The van der Waals surface area contributed by atoms with Gasteiger partial charge in [-0.1, -0.05) is 41.6 Å². The van der Waals surface area contributed by atoms with Crippen molar-refractivity contribution in [3.8, 4) is 16.9 Å². The third-order valence-electron chi connectivity index (χ3n) is 7.47. The van der Waals surface area contributed by atoms with E-state index in [9.17, 15) is 18.8 Å². The van der Waals surface area contributed by atoms with Crippen LogP contribution >= 0.6 is 23.1 Å². The number of aromatic nitrogens is 1. The van der Waals surface area contributed by atoms with Crippen LogP contribution in [0.1, 0.15) is 28.3 Å². The van der Waals surface area contributed by atoms with Gasteiger partial charge in [0, 0.05) is 44.3 Å². The first-order valence-corrected chi connectivity index (χ1v) is 14.6. The highest BCUT2D eigenvalue weighted by molar-refractivity contribution is 7.99. The molecule has 0 aliphatic carbocycles. The quantitative estimate of drug-likeness (QED) is 0.125. The van der Waals surface area contributed by atoms with Crippen molar-refractivity contribution in [1.82, 2.24) is 4.57 Å². The standard InChI is InChI=1S/C31H23F3N2O3S2/c1-16-19(13-20-22(32)9-6-10-23(20)33)31-36(30(37)27(16)18-8-5-11-25(39-2)28(18)34)24(15-41-31)29(35-38)21-14-40-26-12-4-3-7-17(21)26/h3-12,14,24,38H,13,15H2,1-2H3. The van der Waals surface area contributed by atoms with Gasteiger partial charge in [0.2, 0.25) is 0 Å². The van der Waals surface area contributed by atoms with Gasteiger partial charge in [-0.25, -0.2) is 13.2 Å². The fraction of sp³-hybridized carbons (Fsp3) is 0.161. The Labute approximate surface area is 241 Å². The molecule has 10 heteroatoms. The van der Waals surface area contributed by atoms with Crippen LogP contribution < -0.4 is 10.3 Å². The Balaban J connectivity index is 1.62. The molecule has 5 nitrogen and oxygen atoms in total. The van der Waals surface area contributed by atoms with Crippen molar-refractivity contribution in [3.05, 3.63) is 116 Å². The maximum absolute atomic E-state index is 15.6. The first-order valence-electron chi connectivity index (χ1n) is 12.7. The van der Waals surface area contributed by atoms with Crippen molar-refractivity contribution >= 4 is 38.9 Å². The molecule has 0 saturated heterocycles. The molecular weight excluding hydrogens is 569 g/mol. The summed E-state index contributed by atoms with van der Waals surface area (Å²) in [5, 5.41) is 17.1. The van der Waals surface area contributed by atoms with Crippen LogP contribution in [0.25, 0.3) is 21.2 Å². The van der Waals surface area contributed by atoms with Crippen LogP contribution in [0.4, 0.5) is 13.2 Å². The van der Waals surface area contributed by atoms with Gasteiger partial charge in [0.1, 0.15) is 17.3 Å². The minimum absolute atomic E-state index is 0.0107. The summed E-state index contributed by atoms with van der Waals surface area (Å²) in [6, 6.07) is 15.1.